The van der Waals surface area contributed by atoms with Gasteiger partial charge < -0.3 is 5.32 Å². The first-order valence-electron chi connectivity index (χ1n) is 6.09. The third kappa shape index (κ3) is 1.68. The third-order valence-corrected chi connectivity index (χ3v) is 5.62. The number of aromatic nitrogens is 2. The van der Waals surface area contributed by atoms with Gasteiger partial charge in [-0.15, -0.1) is 0 Å². The largest absolute Gasteiger partial charge is 0.311 e. The molecular weight excluding hydrogens is 278 g/mol. The molecule has 17 heavy (non-hydrogen) atoms. The predicted octanol–water partition coefficient (Wildman–Crippen LogP) is 3.13. The van der Waals surface area contributed by atoms with Gasteiger partial charge in [-0.1, -0.05) is 27.7 Å². The Morgan fingerprint density at radius 2 is 1.88 bits per heavy atom. The minimum atomic E-state index is 0.349. The summed E-state index contributed by atoms with van der Waals surface area (Å²) in [6.07, 6.45) is 1.88. The molecule has 1 atom stereocenters. The number of hydrogen-bond donors (Lipinski definition) is 1. The summed E-state index contributed by atoms with van der Waals surface area (Å²) in [4.78, 5) is 0. The Balaban J connectivity index is 2.38. The molecule has 1 fully saturated rings. The lowest BCUT2D eigenvalue weighted by molar-refractivity contribution is 0.413. The highest BCUT2D eigenvalue weighted by atomic mass is 79.9. The summed E-state index contributed by atoms with van der Waals surface area (Å²) in [6.45, 7) is 9.41. The molecule has 0 aromatic carbocycles. The van der Waals surface area contributed by atoms with Crippen LogP contribution in [0, 0.1) is 16.7 Å². The van der Waals surface area contributed by atoms with E-state index in [0.717, 1.165) is 4.47 Å². The summed E-state index contributed by atoms with van der Waals surface area (Å²) in [5, 5.41) is 7.79. The van der Waals surface area contributed by atoms with Crippen LogP contribution >= 0.6 is 15.9 Å². The molecule has 96 valence electrons. The van der Waals surface area contributed by atoms with Gasteiger partial charge in [-0.3, -0.25) is 4.68 Å². The zero-order chi connectivity index (χ0) is 13.0. The summed E-state index contributed by atoms with van der Waals surface area (Å²) in [5.41, 5.74) is 1.98. The Bertz CT molecular complexity index is 400. The van der Waals surface area contributed by atoms with Gasteiger partial charge in [-0.2, -0.15) is 5.10 Å². The maximum absolute atomic E-state index is 4.32. The van der Waals surface area contributed by atoms with Gasteiger partial charge in [-0.05, 0) is 39.7 Å². The van der Waals surface area contributed by atoms with Crippen LogP contribution in [-0.4, -0.2) is 16.8 Å². The van der Waals surface area contributed by atoms with Crippen LogP contribution in [0.1, 0.15) is 39.4 Å². The minimum absolute atomic E-state index is 0.349. The lowest BCUT2D eigenvalue weighted by atomic mass is 10.0. The first kappa shape index (κ1) is 13.1. The van der Waals surface area contributed by atoms with E-state index in [2.05, 4.69) is 54.0 Å². The molecule has 1 aromatic rings. The van der Waals surface area contributed by atoms with Crippen molar-refractivity contribution >= 4 is 15.9 Å². The third-order valence-electron chi connectivity index (χ3n) is 5.01. The monoisotopic (exact) mass is 299 g/mol. The molecule has 0 aliphatic heterocycles. The van der Waals surface area contributed by atoms with Crippen molar-refractivity contribution in [1.29, 1.82) is 0 Å². The Morgan fingerprint density at radius 3 is 2.18 bits per heavy atom. The molecule has 0 bridgehead atoms. The number of nitrogens with one attached hydrogen (secondary N) is 1. The molecule has 1 N–H and O–H groups in total. The molecular formula is C13H22BrN3. The van der Waals surface area contributed by atoms with Crippen LogP contribution in [0.2, 0.25) is 0 Å². The second kappa shape index (κ2) is 3.82. The average Bonchev–Trinajstić information content (AvgIpc) is 2.51. The van der Waals surface area contributed by atoms with Crippen LogP contribution in [0.25, 0.3) is 0 Å². The van der Waals surface area contributed by atoms with E-state index in [1.165, 1.54) is 5.69 Å². The number of hydrogen-bond acceptors (Lipinski definition) is 2. The molecule has 0 radical (unpaired) electrons. The van der Waals surface area contributed by atoms with Crippen molar-refractivity contribution in [2.45, 2.75) is 33.7 Å². The van der Waals surface area contributed by atoms with Gasteiger partial charge >= 0.3 is 0 Å². The van der Waals surface area contributed by atoms with E-state index in [1.54, 1.807) is 0 Å². The van der Waals surface area contributed by atoms with Gasteiger partial charge in [0, 0.05) is 7.05 Å². The summed E-state index contributed by atoms with van der Waals surface area (Å²) in [5.74, 6) is 0.631. The van der Waals surface area contributed by atoms with Gasteiger partial charge in [0.2, 0.25) is 0 Å². The van der Waals surface area contributed by atoms with Crippen LogP contribution in [-0.2, 0) is 7.05 Å². The number of halogens is 1. The molecule has 1 aliphatic carbocycles. The molecule has 0 spiro atoms. The zero-order valence-electron chi connectivity index (χ0n) is 11.5. The summed E-state index contributed by atoms with van der Waals surface area (Å²) < 4.78 is 3.06. The number of nitrogens with zero attached hydrogens (tertiary/aromatic N) is 2. The Kier molecular flexibility index (Phi) is 2.94. The lowest BCUT2D eigenvalue weighted by Gasteiger charge is -2.19. The molecule has 3 nitrogen and oxygen atoms in total. The second-order valence-corrected chi connectivity index (χ2v) is 7.04. The summed E-state index contributed by atoms with van der Waals surface area (Å²) in [6, 6.07) is 0.349. The fourth-order valence-corrected chi connectivity index (χ4v) is 3.91. The maximum Gasteiger partial charge on any atom is 0.0695 e. The van der Waals surface area contributed by atoms with Gasteiger partial charge in [0.1, 0.15) is 0 Å². The van der Waals surface area contributed by atoms with E-state index in [9.17, 15) is 0 Å². The standard InChI is InChI=1S/C13H22BrN3/c1-12(2)11(13(12,3)4)9(15-5)10-8(14)7-16-17(10)6/h7,9,11,15H,1-6H3. The normalized spacial score (nSPS) is 23.7. The molecule has 4 heteroatoms. The molecule has 1 heterocycles. The predicted molar refractivity (Wildman–Crippen MR) is 73.8 cm³/mol. The van der Waals surface area contributed by atoms with Gasteiger partial charge in [0.25, 0.3) is 0 Å². The first-order chi connectivity index (χ1) is 7.75. The van der Waals surface area contributed by atoms with Crippen LogP contribution < -0.4 is 5.32 Å². The minimum Gasteiger partial charge on any atom is -0.311 e. The van der Waals surface area contributed by atoms with Gasteiger partial charge in [-0.25, -0.2) is 0 Å². The molecule has 1 saturated carbocycles. The van der Waals surface area contributed by atoms with Crippen molar-refractivity contribution in [3.63, 3.8) is 0 Å². The van der Waals surface area contributed by atoms with Crippen LogP contribution in [0.15, 0.2) is 10.7 Å². The molecule has 1 aromatic heterocycles. The summed E-state index contributed by atoms with van der Waals surface area (Å²) >= 11 is 3.61. The second-order valence-electron chi connectivity index (χ2n) is 6.19. The van der Waals surface area contributed by atoms with E-state index >= 15 is 0 Å². The molecule has 0 saturated heterocycles. The van der Waals surface area contributed by atoms with Crippen LogP contribution in [0.5, 0.6) is 0 Å². The molecule has 1 aliphatic rings. The fourth-order valence-electron chi connectivity index (χ4n) is 3.31. The topological polar surface area (TPSA) is 29.9 Å². The van der Waals surface area contributed by atoms with E-state index in [1.807, 2.05) is 25.0 Å². The van der Waals surface area contributed by atoms with E-state index in [-0.39, 0.29) is 0 Å². The van der Waals surface area contributed by atoms with Crippen molar-refractivity contribution in [2.24, 2.45) is 23.8 Å². The van der Waals surface area contributed by atoms with E-state index in [4.69, 9.17) is 0 Å². The first-order valence-corrected chi connectivity index (χ1v) is 6.89. The van der Waals surface area contributed by atoms with Crippen molar-refractivity contribution < 1.29 is 0 Å². The fraction of sp³-hybridized carbons (Fsp3) is 0.769. The van der Waals surface area contributed by atoms with Crippen molar-refractivity contribution in [3.8, 4) is 0 Å². The highest BCUT2D eigenvalue weighted by Gasteiger charge is 2.67. The Morgan fingerprint density at radius 1 is 1.35 bits per heavy atom. The molecule has 0 amide bonds. The smallest absolute Gasteiger partial charge is 0.0695 e. The average molecular weight is 300 g/mol. The number of rotatable bonds is 3. The highest BCUT2D eigenvalue weighted by Crippen LogP contribution is 2.72. The van der Waals surface area contributed by atoms with E-state index < -0.39 is 0 Å². The van der Waals surface area contributed by atoms with Crippen molar-refractivity contribution in [1.82, 2.24) is 15.1 Å². The summed E-state index contributed by atoms with van der Waals surface area (Å²) in [7, 11) is 4.04. The van der Waals surface area contributed by atoms with Gasteiger partial charge in [0.05, 0.1) is 22.4 Å². The van der Waals surface area contributed by atoms with Crippen LogP contribution in [0.4, 0.5) is 0 Å². The molecule has 1 unspecified atom stereocenters. The quantitative estimate of drug-likeness (QED) is 0.929. The maximum atomic E-state index is 4.32. The number of aryl methyl sites for hydroxylation is 1. The molecule has 2 rings (SSSR count). The lowest BCUT2D eigenvalue weighted by Crippen LogP contribution is -2.24. The van der Waals surface area contributed by atoms with Crippen molar-refractivity contribution in [3.05, 3.63) is 16.4 Å². The van der Waals surface area contributed by atoms with E-state index in [0.29, 0.717) is 22.8 Å². The van der Waals surface area contributed by atoms with Gasteiger partial charge in [0.15, 0.2) is 0 Å². The highest BCUT2D eigenvalue weighted by molar-refractivity contribution is 9.10. The van der Waals surface area contributed by atoms with Crippen LogP contribution in [0.3, 0.4) is 0 Å². The SMILES string of the molecule is CNC(c1c(Br)cnn1C)C1C(C)(C)C1(C)C. The zero-order valence-corrected chi connectivity index (χ0v) is 13.1. The Labute approximate surface area is 112 Å². The Hall–Kier alpha value is -0.350. The van der Waals surface area contributed by atoms with Crippen molar-refractivity contribution in [2.75, 3.05) is 7.05 Å².